The van der Waals surface area contributed by atoms with Crippen molar-refractivity contribution in [2.45, 2.75) is 6.92 Å². The van der Waals surface area contributed by atoms with Crippen LogP contribution in [0, 0.1) is 6.92 Å². The molecule has 5 heteroatoms. The largest absolute Gasteiger partial charge is 0.432 e. The van der Waals surface area contributed by atoms with E-state index in [1.54, 1.807) is 30.3 Å². The van der Waals surface area contributed by atoms with Gasteiger partial charge in [0.15, 0.2) is 0 Å². The number of carbonyl (C=O) groups is 1. The topological polar surface area (TPSA) is 69.1 Å². The molecule has 4 nitrogen and oxygen atoms in total. The van der Waals surface area contributed by atoms with E-state index in [1.807, 2.05) is 13.0 Å². The van der Waals surface area contributed by atoms with Gasteiger partial charge in [-0.3, -0.25) is 4.79 Å². The van der Waals surface area contributed by atoms with Crippen LogP contribution >= 0.6 is 11.6 Å². The Morgan fingerprint density at radius 2 is 2.10 bits per heavy atom. The van der Waals surface area contributed by atoms with Gasteiger partial charge in [0.05, 0.1) is 11.1 Å². The minimum atomic E-state index is -0.305. The average molecular weight is 287 g/mol. The lowest BCUT2D eigenvalue weighted by Crippen LogP contribution is -2.02. The number of benzene rings is 1. The number of pyridine rings is 1. The maximum Gasteiger partial charge on any atom is 0.230 e. The van der Waals surface area contributed by atoms with Crippen LogP contribution in [0.1, 0.15) is 21.8 Å². The SMILES string of the molecule is Cc1ccc2c(N)c(C(=O)c3cccc(Cl)c3)oc2n1. The van der Waals surface area contributed by atoms with Crippen LogP contribution in [-0.2, 0) is 0 Å². The highest BCUT2D eigenvalue weighted by molar-refractivity contribution is 6.31. The molecule has 0 aliphatic carbocycles. The lowest BCUT2D eigenvalue weighted by Gasteiger charge is -1.99. The molecule has 0 bridgehead atoms. The van der Waals surface area contributed by atoms with Crippen LogP contribution in [0.25, 0.3) is 11.1 Å². The lowest BCUT2D eigenvalue weighted by atomic mass is 10.1. The van der Waals surface area contributed by atoms with E-state index in [1.165, 1.54) is 0 Å². The van der Waals surface area contributed by atoms with Gasteiger partial charge in [0.25, 0.3) is 0 Å². The molecule has 0 amide bonds. The third kappa shape index (κ3) is 2.04. The first kappa shape index (κ1) is 12.7. The second-order valence-corrected chi connectivity index (χ2v) is 4.93. The molecular formula is C15H11ClN2O2. The van der Waals surface area contributed by atoms with Gasteiger partial charge in [-0.05, 0) is 31.2 Å². The van der Waals surface area contributed by atoms with Crippen molar-refractivity contribution in [3.8, 4) is 0 Å². The highest BCUT2D eigenvalue weighted by Gasteiger charge is 2.20. The van der Waals surface area contributed by atoms with Gasteiger partial charge >= 0.3 is 0 Å². The Morgan fingerprint density at radius 1 is 1.30 bits per heavy atom. The predicted molar refractivity (Wildman–Crippen MR) is 78.0 cm³/mol. The highest BCUT2D eigenvalue weighted by Crippen LogP contribution is 2.29. The molecule has 2 aromatic heterocycles. The number of ketones is 1. The Labute approximate surface area is 120 Å². The van der Waals surface area contributed by atoms with Gasteiger partial charge in [-0.25, -0.2) is 4.98 Å². The molecule has 0 saturated heterocycles. The van der Waals surface area contributed by atoms with Gasteiger partial charge in [-0.1, -0.05) is 23.7 Å². The molecule has 0 atom stereocenters. The normalized spacial score (nSPS) is 10.9. The molecule has 0 aliphatic heterocycles. The Bertz CT molecular complexity index is 824. The van der Waals surface area contributed by atoms with Crippen LogP contribution in [0.3, 0.4) is 0 Å². The van der Waals surface area contributed by atoms with Gasteiger partial charge in [0.1, 0.15) is 0 Å². The number of nitrogens with two attached hydrogens (primary N) is 1. The standard InChI is InChI=1S/C15H11ClN2O2/c1-8-5-6-11-12(17)14(20-15(11)18-8)13(19)9-3-2-4-10(16)7-9/h2-7H,17H2,1H3. The average Bonchev–Trinajstić information content (AvgIpc) is 2.74. The van der Waals surface area contributed by atoms with E-state index in [2.05, 4.69) is 4.98 Å². The number of rotatable bonds is 2. The molecule has 2 heterocycles. The second-order valence-electron chi connectivity index (χ2n) is 4.49. The molecular weight excluding hydrogens is 276 g/mol. The summed E-state index contributed by atoms with van der Waals surface area (Å²) in [5.41, 5.74) is 7.88. The predicted octanol–water partition coefficient (Wildman–Crippen LogP) is 3.60. The summed E-state index contributed by atoms with van der Waals surface area (Å²) in [5.74, 6) is -0.207. The van der Waals surface area contributed by atoms with E-state index in [0.717, 1.165) is 5.69 Å². The number of aromatic nitrogens is 1. The van der Waals surface area contributed by atoms with E-state index in [-0.39, 0.29) is 11.5 Å². The summed E-state index contributed by atoms with van der Waals surface area (Å²) < 4.78 is 5.51. The minimum absolute atomic E-state index is 0.0976. The maximum absolute atomic E-state index is 12.4. The molecule has 0 saturated carbocycles. The molecule has 1 aromatic carbocycles. The van der Waals surface area contributed by atoms with Crippen LogP contribution in [0.2, 0.25) is 5.02 Å². The number of carbonyl (C=O) groups excluding carboxylic acids is 1. The first-order valence-corrected chi connectivity index (χ1v) is 6.40. The fourth-order valence-electron chi connectivity index (χ4n) is 2.02. The molecule has 100 valence electrons. The van der Waals surface area contributed by atoms with Crippen LogP contribution < -0.4 is 5.73 Å². The molecule has 0 aliphatic rings. The molecule has 0 fully saturated rings. The van der Waals surface area contributed by atoms with Crippen molar-refractivity contribution in [3.05, 3.63) is 58.4 Å². The van der Waals surface area contributed by atoms with Crippen molar-refractivity contribution >= 4 is 34.2 Å². The molecule has 0 radical (unpaired) electrons. The zero-order valence-corrected chi connectivity index (χ0v) is 11.4. The monoisotopic (exact) mass is 286 g/mol. The highest BCUT2D eigenvalue weighted by atomic mass is 35.5. The molecule has 2 N–H and O–H groups in total. The molecule has 0 spiro atoms. The van der Waals surface area contributed by atoms with Gasteiger partial charge in [-0.15, -0.1) is 0 Å². The summed E-state index contributed by atoms with van der Waals surface area (Å²) in [6.45, 7) is 1.84. The minimum Gasteiger partial charge on any atom is -0.432 e. The van der Waals surface area contributed by atoms with Crippen molar-refractivity contribution in [3.63, 3.8) is 0 Å². The summed E-state index contributed by atoms with van der Waals surface area (Å²) in [4.78, 5) is 16.6. The third-order valence-corrected chi connectivity index (χ3v) is 3.26. The Kier molecular flexibility index (Phi) is 2.95. The lowest BCUT2D eigenvalue weighted by molar-refractivity contribution is 0.101. The van der Waals surface area contributed by atoms with Gasteiger partial charge in [0, 0.05) is 16.3 Å². The molecule has 0 unspecified atom stereocenters. The zero-order valence-electron chi connectivity index (χ0n) is 10.7. The Hall–Kier alpha value is -2.33. The number of nitrogen functional groups attached to an aromatic ring is 1. The summed E-state index contributed by atoms with van der Waals surface area (Å²) in [6.07, 6.45) is 0. The number of hydrogen-bond acceptors (Lipinski definition) is 4. The van der Waals surface area contributed by atoms with Crippen LogP contribution in [0.15, 0.2) is 40.8 Å². The Morgan fingerprint density at radius 3 is 2.85 bits per heavy atom. The van der Waals surface area contributed by atoms with Crippen LogP contribution in [0.4, 0.5) is 5.69 Å². The zero-order chi connectivity index (χ0) is 14.3. The third-order valence-electron chi connectivity index (χ3n) is 3.03. The van der Waals surface area contributed by atoms with Crippen LogP contribution in [-0.4, -0.2) is 10.8 Å². The van der Waals surface area contributed by atoms with E-state index in [0.29, 0.717) is 27.4 Å². The first-order chi connectivity index (χ1) is 9.56. The number of halogens is 1. The van der Waals surface area contributed by atoms with Gasteiger partial charge < -0.3 is 10.2 Å². The summed E-state index contributed by atoms with van der Waals surface area (Å²) in [5, 5.41) is 1.13. The molecule has 20 heavy (non-hydrogen) atoms. The number of nitrogens with zero attached hydrogens (tertiary/aromatic N) is 1. The van der Waals surface area contributed by atoms with Crippen molar-refractivity contribution in [1.82, 2.24) is 4.98 Å². The number of fused-ring (bicyclic) bond motifs is 1. The smallest absolute Gasteiger partial charge is 0.230 e. The second kappa shape index (κ2) is 4.65. The summed E-state index contributed by atoms with van der Waals surface area (Å²) in [6, 6.07) is 10.3. The number of hydrogen-bond donors (Lipinski definition) is 1. The fourth-order valence-corrected chi connectivity index (χ4v) is 2.21. The van der Waals surface area contributed by atoms with Crippen LogP contribution in [0.5, 0.6) is 0 Å². The van der Waals surface area contributed by atoms with E-state index < -0.39 is 0 Å². The maximum atomic E-state index is 12.4. The van der Waals surface area contributed by atoms with E-state index >= 15 is 0 Å². The van der Waals surface area contributed by atoms with E-state index in [4.69, 9.17) is 21.8 Å². The quantitative estimate of drug-likeness (QED) is 0.731. The number of aryl methyl sites for hydroxylation is 1. The summed E-state index contributed by atoms with van der Waals surface area (Å²) in [7, 11) is 0. The molecule has 3 rings (SSSR count). The Balaban J connectivity index is 2.14. The number of anilines is 1. The summed E-state index contributed by atoms with van der Waals surface area (Å²) >= 11 is 5.89. The van der Waals surface area contributed by atoms with Crippen molar-refractivity contribution < 1.29 is 9.21 Å². The molecule has 3 aromatic rings. The first-order valence-electron chi connectivity index (χ1n) is 6.02. The van der Waals surface area contributed by atoms with E-state index in [9.17, 15) is 4.79 Å². The van der Waals surface area contributed by atoms with Gasteiger partial charge in [-0.2, -0.15) is 0 Å². The van der Waals surface area contributed by atoms with Gasteiger partial charge in [0.2, 0.25) is 17.3 Å². The van der Waals surface area contributed by atoms with Crippen molar-refractivity contribution in [2.24, 2.45) is 0 Å². The van der Waals surface area contributed by atoms with Crippen molar-refractivity contribution in [1.29, 1.82) is 0 Å². The van der Waals surface area contributed by atoms with Crippen molar-refractivity contribution in [2.75, 3.05) is 5.73 Å². The fraction of sp³-hybridized carbons (Fsp3) is 0.0667. The number of furan rings is 1.